The van der Waals surface area contributed by atoms with Gasteiger partial charge in [0.2, 0.25) is 5.91 Å². The highest BCUT2D eigenvalue weighted by molar-refractivity contribution is 5.90. The van der Waals surface area contributed by atoms with Crippen LogP contribution in [0.25, 0.3) is 6.08 Å². The van der Waals surface area contributed by atoms with Gasteiger partial charge in [-0.1, -0.05) is 36.4 Å². The molecule has 0 saturated heterocycles. The fraction of sp³-hybridized carbons (Fsp3) is 0.211. The lowest BCUT2D eigenvalue weighted by Crippen LogP contribution is -2.31. The number of pyridine rings is 1. The molecule has 1 aromatic heterocycles. The molecule has 124 valence electrons. The minimum absolute atomic E-state index is 0.184. The Balaban J connectivity index is 2.30. The van der Waals surface area contributed by atoms with Crippen molar-refractivity contribution >= 4 is 18.3 Å². The van der Waals surface area contributed by atoms with Crippen LogP contribution in [0, 0.1) is 0 Å². The van der Waals surface area contributed by atoms with Crippen LogP contribution in [0.1, 0.15) is 17.7 Å². The van der Waals surface area contributed by atoms with Gasteiger partial charge in [-0.15, -0.1) is 0 Å². The number of hydrogen-bond donors (Lipinski definition) is 0. The third-order valence-electron chi connectivity index (χ3n) is 3.41. The molecule has 1 amide bonds. The SMILES string of the molecule is COCCC(=O)N(Cc1ccccn1)C(C=O)=Cc1ccccc1. The van der Waals surface area contributed by atoms with Crippen molar-refractivity contribution in [3.05, 3.63) is 71.7 Å². The minimum atomic E-state index is -0.184. The van der Waals surface area contributed by atoms with Crippen molar-refractivity contribution in [3.63, 3.8) is 0 Å². The lowest BCUT2D eigenvalue weighted by atomic mass is 10.1. The summed E-state index contributed by atoms with van der Waals surface area (Å²) >= 11 is 0. The molecule has 2 rings (SSSR count). The molecule has 2 aromatic rings. The van der Waals surface area contributed by atoms with Crippen LogP contribution in [0.2, 0.25) is 0 Å². The van der Waals surface area contributed by atoms with Gasteiger partial charge in [-0.2, -0.15) is 0 Å². The Morgan fingerprint density at radius 3 is 2.54 bits per heavy atom. The molecule has 0 radical (unpaired) electrons. The monoisotopic (exact) mass is 324 g/mol. The van der Waals surface area contributed by atoms with Crippen LogP contribution < -0.4 is 0 Å². The van der Waals surface area contributed by atoms with Gasteiger partial charge < -0.3 is 9.64 Å². The van der Waals surface area contributed by atoms with Crippen molar-refractivity contribution in [2.45, 2.75) is 13.0 Å². The van der Waals surface area contributed by atoms with Crippen molar-refractivity contribution in [2.24, 2.45) is 0 Å². The fourth-order valence-electron chi connectivity index (χ4n) is 2.20. The topological polar surface area (TPSA) is 59.5 Å². The number of hydrogen-bond acceptors (Lipinski definition) is 4. The maximum atomic E-state index is 12.5. The maximum absolute atomic E-state index is 12.5. The number of rotatable bonds is 8. The molecule has 0 bridgehead atoms. The molecule has 0 aliphatic heterocycles. The summed E-state index contributed by atoms with van der Waals surface area (Å²) < 4.78 is 4.97. The number of aromatic nitrogens is 1. The fourth-order valence-corrected chi connectivity index (χ4v) is 2.20. The predicted molar refractivity (Wildman–Crippen MR) is 91.8 cm³/mol. The van der Waals surface area contributed by atoms with E-state index in [1.54, 1.807) is 18.3 Å². The molecule has 0 unspecified atom stereocenters. The van der Waals surface area contributed by atoms with E-state index >= 15 is 0 Å². The van der Waals surface area contributed by atoms with E-state index in [1.165, 1.54) is 12.0 Å². The van der Waals surface area contributed by atoms with E-state index in [9.17, 15) is 9.59 Å². The van der Waals surface area contributed by atoms with Gasteiger partial charge in [-0.3, -0.25) is 14.6 Å². The summed E-state index contributed by atoms with van der Waals surface area (Å²) in [5, 5.41) is 0. The molecule has 0 aliphatic rings. The molecular weight excluding hydrogens is 304 g/mol. The van der Waals surface area contributed by atoms with Crippen LogP contribution in [0.4, 0.5) is 0 Å². The third-order valence-corrected chi connectivity index (χ3v) is 3.41. The van der Waals surface area contributed by atoms with E-state index in [2.05, 4.69) is 4.98 Å². The number of ether oxygens (including phenoxy) is 1. The van der Waals surface area contributed by atoms with Crippen LogP contribution in [-0.2, 0) is 20.9 Å². The van der Waals surface area contributed by atoms with E-state index in [4.69, 9.17) is 4.74 Å². The molecule has 5 nitrogen and oxygen atoms in total. The summed E-state index contributed by atoms with van der Waals surface area (Å²) in [6.07, 6.45) is 4.25. The van der Waals surface area contributed by atoms with Crippen LogP contribution in [0.5, 0.6) is 0 Å². The molecule has 5 heteroatoms. The zero-order valence-corrected chi connectivity index (χ0v) is 13.6. The number of benzene rings is 1. The molecule has 0 spiro atoms. The molecule has 0 N–H and O–H groups in total. The van der Waals surface area contributed by atoms with Gasteiger partial charge >= 0.3 is 0 Å². The Bertz CT molecular complexity index is 684. The second kappa shape index (κ2) is 9.37. The summed E-state index contributed by atoms with van der Waals surface area (Å²) in [5.41, 5.74) is 1.86. The molecule has 1 aromatic carbocycles. The Kier molecular flexibility index (Phi) is 6.86. The number of amides is 1. The summed E-state index contributed by atoms with van der Waals surface area (Å²) in [5.74, 6) is -0.184. The summed E-state index contributed by atoms with van der Waals surface area (Å²) in [4.78, 5) is 29.8. The normalized spacial score (nSPS) is 11.1. The highest BCUT2D eigenvalue weighted by Crippen LogP contribution is 2.14. The highest BCUT2D eigenvalue weighted by atomic mass is 16.5. The minimum Gasteiger partial charge on any atom is -0.384 e. The molecule has 0 saturated carbocycles. The summed E-state index contributed by atoms with van der Waals surface area (Å²) in [6.45, 7) is 0.538. The largest absolute Gasteiger partial charge is 0.384 e. The molecule has 0 aliphatic carbocycles. The third kappa shape index (κ3) is 5.14. The average Bonchev–Trinajstić information content (AvgIpc) is 2.64. The average molecular weight is 324 g/mol. The standard InChI is InChI=1S/C19H20N2O3/c1-24-12-10-19(23)21(14-17-9-5-6-11-20-17)18(15-22)13-16-7-3-2-4-8-16/h2-9,11,13,15H,10,12,14H2,1H3. The van der Waals surface area contributed by atoms with Crippen LogP contribution >= 0.6 is 0 Å². The van der Waals surface area contributed by atoms with Crippen molar-refractivity contribution < 1.29 is 14.3 Å². The number of carbonyl (C=O) groups excluding carboxylic acids is 2. The first-order valence-electron chi connectivity index (χ1n) is 7.65. The number of nitrogens with zero attached hydrogens (tertiary/aromatic N) is 2. The first-order chi connectivity index (χ1) is 11.7. The number of carbonyl (C=O) groups is 2. The van der Waals surface area contributed by atoms with E-state index in [0.717, 1.165) is 5.56 Å². The van der Waals surface area contributed by atoms with Gasteiger partial charge in [0.15, 0.2) is 6.29 Å². The molecule has 0 atom stereocenters. The van der Waals surface area contributed by atoms with Crippen molar-refractivity contribution in [2.75, 3.05) is 13.7 Å². The second-order valence-corrected chi connectivity index (χ2v) is 5.14. The maximum Gasteiger partial charge on any atom is 0.229 e. The lowest BCUT2D eigenvalue weighted by Gasteiger charge is -2.22. The highest BCUT2D eigenvalue weighted by Gasteiger charge is 2.18. The zero-order chi connectivity index (χ0) is 17.2. The quantitative estimate of drug-likeness (QED) is 0.553. The Morgan fingerprint density at radius 2 is 1.92 bits per heavy atom. The van der Waals surface area contributed by atoms with Crippen LogP contribution in [-0.4, -0.2) is 35.8 Å². The lowest BCUT2D eigenvalue weighted by molar-refractivity contribution is -0.132. The van der Waals surface area contributed by atoms with Crippen molar-refractivity contribution in [1.29, 1.82) is 0 Å². The van der Waals surface area contributed by atoms with E-state index in [-0.39, 0.29) is 18.9 Å². The van der Waals surface area contributed by atoms with Crippen LogP contribution in [0.15, 0.2) is 60.4 Å². The Labute approximate surface area is 141 Å². The smallest absolute Gasteiger partial charge is 0.229 e. The van der Waals surface area contributed by atoms with E-state index in [1.807, 2.05) is 42.5 Å². The molecule has 1 heterocycles. The molecule has 0 fully saturated rings. The van der Waals surface area contributed by atoms with Crippen molar-refractivity contribution in [3.8, 4) is 0 Å². The molecular formula is C19H20N2O3. The van der Waals surface area contributed by atoms with E-state index in [0.29, 0.717) is 24.3 Å². The van der Waals surface area contributed by atoms with E-state index < -0.39 is 0 Å². The van der Waals surface area contributed by atoms with Gasteiger partial charge in [0.1, 0.15) is 0 Å². The summed E-state index contributed by atoms with van der Waals surface area (Å²) in [6, 6.07) is 14.9. The van der Waals surface area contributed by atoms with Gasteiger partial charge in [0.05, 0.1) is 31.0 Å². The summed E-state index contributed by atoms with van der Waals surface area (Å²) in [7, 11) is 1.54. The number of aldehydes is 1. The van der Waals surface area contributed by atoms with Gasteiger partial charge in [-0.05, 0) is 23.8 Å². The van der Waals surface area contributed by atoms with Gasteiger partial charge in [0.25, 0.3) is 0 Å². The number of allylic oxidation sites excluding steroid dienone is 1. The van der Waals surface area contributed by atoms with Gasteiger partial charge in [-0.25, -0.2) is 0 Å². The Morgan fingerprint density at radius 1 is 1.17 bits per heavy atom. The van der Waals surface area contributed by atoms with Crippen LogP contribution in [0.3, 0.4) is 0 Å². The predicted octanol–water partition coefficient (Wildman–Crippen LogP) is 2.69. The second-order valence-electron chi connectivity index (χ2n) is 5.14. The first kappa shape index (κ1) is 17.6. The van der Waals surface area contributed by atoms with Gasteiger partial charge in [0, 0.05) is 13.3 Å². The van der Waals surface area contributed by atoms with Crippen molar-refractivity contribution in [1.82, 2.24) is 9.88 Å². The molecule has 24 heavy (non-hydrogen) atoms. The first-order valence-corrected chi connectivity index (χ1v) is 7.65. The Hall–Kier alpha value is -2.79. The zero-order valence-electron chi connectivity index (χ0n) is 13.6. The number of methoxy groups -OCH3 is 1.